The Balaban J connectivity index is 1.64. The van der Waals surface area contributed by atoms with Gasteiger partial charge in [0.15, 0.2) is 5.76 Å². The second-order valence-corrected chi connectivity index (χ2v) is 5.31. The van der Waals surface area contributed by atoms with Crippen molar-refractivity contribution in [2.45, 2.75) is 13.1 Å². The molecular formula is C18H17N3O4. The number of furan rings is 1. The van der Waals surface area contributed by atoms with E-state index in [1.807, 2.05) is 24.3 Å². The number of carbonyl (C=O) groups excluding carboxylic acids is 1. The fourth-order valence-corrected chi connectivity index (χ4v) is 2.36. The Bertz CT molecular complexity index is 916. The first-order chi connectivity index (χ1) is 12.2. The van der Waals surface area contributed by atoms with Crippen LogP contribution in [0.5, 0.6) is 5.75 Å². The molecule has 1 N–H and O–H groups in total. The van der Waals surface area contributed by atoms with Crippen LogP contribution >= 0.6 is 0 Å². The number of aromatic nitrogens is 2. The van der Waals surface area contributed by atoms with E-state index in [0.29, 0.717) is 23.7 Å². The van der Waals surface area contributed by atoms with Gasteiger partial charge in [0.25, 0.3) is 5.56 Å². The number of carbonyl (C=O) groups is 1. The first-order valence-electron chi connectivity index (χ1n) is 7.66. The molecule has 3 aromatic rings. The van der Waals surface area contributed by atoms with Gasteiger partial charge in [0.1, 0.15) is 18.0 Å². The second kappa shape index (κ2) is 7.48. The molecule has 2 heterocycles. The zero-order valence-electron chi connectivity index (χ0n) is 13.6. The average Bonchev–Trinajstić information content (AvgIpc) is 3.16. The SMILES string of the molecule is COc1ccccc1CNC(=O)Cn1cnc(-c2ccco2)cc1=O. The maximum atomic E-state index is 12.1. The summed E-state index contributed by atoms with van der Waals surface area (Å²) in [6.45, 7) is 0.203. The molecule has 0 spiro atoms. The number of amides is 1. The van der Waals surface area contributed by atoms with Crippen molar-refractivity contribution in [3.63, 3.8) is 0 Å². The number of ether oxygens (including phenoxy) is 1. The van der Waals surface area contributed by atoms with Crippen LogP contribution < -0.4 is 15.6 Å². The molecule has 7 nitrogen and oxygen atoms in total. The number of hydrogen-bond donors (Lipinski definition) is 1. The number of rotatable bonds is 6. The van der Waals surface area contributed by atoms with Crippen molar-refractivity contribution in [3.8, 4) is 17.2 Å². The average molecular weight is 339 g/mol. The minimum Gasteiger partial charge on any atom is -0.496 e. The van der Waals surface area contributed by atoms with Crippen molar-refractivity contribution in [1.29, 1.82) is 0 Å². The topological polar surface area (TPSA) is 86.4 Å². The van der Waals surface area contributed by atoms with Crippen molar-refractivity contribution in [2.75, 3.05) is 7.11 Å². The van der Waals surface area contributed by atoms with Crippen LogP contribution in [0.15, 0.2) is 64.3 Å². The van der Waals surface area contributed by atoms with Gasteiger partial charge in [-0.1, -0.05) is 18.2 Å². The first kappa shape index (κ1) is 16.5. The summed E-state index contributed by atoms with van der Waals surface area (Å²) >= 11 is 0. The van der Waals surface area contributed by atoms with Gasteiger partial charge in [-0.3, -0.25) is 14.2 Å². The molecule has 1 amide bonds. The molecule has 7 heteroatoms. The van der Waals surface area contributed by atoms with Crippen molar-refractivity contribution < 1.29 is 13.9 Å². The Morgan fingerprint density at radius 2 is 2.12 bits per heavy atom. The summed E-state index contributed by atoms with van der Waals surface area (Å²) in [6, 6.07) is 12.2. The van der Waals surface area contributed by atoms with Gasteiger partial charge in [-0.2, -0.15) is 0 Å². The zero-order chi connectivity index (χ0) is 17.6. The van der Waals surface area contributed by atoms with E-state index >= 15 is 0 Å². The maximum Gasteiger partial charge on any atom is 0.254 e. The smallest absolute Gasteiger partial charge is 0.254 e. The zero-order valence-corrected chi connectivity index (χ0v) is 13.6. The molecule has 0 radical (unpaired) electrons. The predicted molar refractivity (Wildman–Crippen MR) is 91.0 cm³/mol. The summed E-state index contributed by atoms with van der Waals surface area (Å²) in [5.74, 6) is 0.912. The summed E-state index contributed by atoms with van der Waals surface area (Å²) in [6.07, 6.45) is 2.84. The molecule has 1 aromatic carbocycles. The lowest BCUT2D eigenvalue weighted by Crippen LogP contribution is -2.32. The number of nitrogens with zero attached hydrogens (tertiary/aromatic N) is 2. The fraction of sp³-hybridized carbons (Fsp3) is 0.167. The van der Waals surface area contributed by atoms with Crippen molar-refractivity contribution in [1.82, 2.24) is 14.9 Å². The van der Waals surface area contributed by atoms with Gasteiger partial charge in [0.05, 0.1) is 19.7 Å². The normalized spacial score (nSPS) is 10.4. The lowest BCUT2D eigenvalue weighted by Gasteiger charge is -2.10. The molecule has 0 saturated carbocycles. The molecule has 3 rings (SSSR count). The van der Waals surface area contributed by atoms with Gasteiger partial charge in [-0.05, 0) is 18.2 Å². The summed E-state index contributed by atoms with van der Waals surface area (Å²) in [7, 11) is 1.58. The molecule has 0 bridgehead atoms. The van der Waals surface area contributed by atoms with Gasteiger partial charge in [-0.15, -0.1) is 0 Å². The van der Waals surface area contributed by atoms with Crippen LogP contribution in [0.3, 0.4) is 0 Å². The van der Waals surface area contributed by atoms with E-state index in [9.17, 15) is 9.59 Å². The summed E-state index contributed by atoms with van der Waals surface area (Å²) in [5.41, 5.74) is 0.964. The quantitative estimate of drug-likeness (QED) is 0.740. The summed E-state index contributed by atoms with van der Waals surface area (Å²) in [4.78, 5) is 28.4. The van der Waals surface area contributed by atoms with Crippen LogP contribution in [-0.4, -0.2) is 22.6 Å². The molecular weight excluding hydrogens is 322 g/mol. The molecule has 128 valence electrons. The van der Waals surface area contributed by atoms with Crippen LogP contribution in [0.1, 0.15) is 5.56 Å². The molecule has 25 heavy (non-hydrogen) atoms. The largest absolute Gasteiger partial charge is 0.496 e. The third-order valence-electron chi connectivity index (χ3n) is 3.64. The standard InChI is InChI=1S/C18H17N3O4/c1-24-15-6-3-2-5-13(15)10-19-17(22)11-21-12-20-14(9-18(21)23)16-7-4-8-25-16/h2-9,12H,10-11H2,1H3,(H,19,22). The minimum absolute atomic E-state index is 0.112. The van der Waals surface area contributed by atoms with Gasteiger partial charge < -0.3 is 14.5 Å². The molecule has 0 aliphatic carbocycles. The summed E-state index contributed by atoms with van der Waals surface area (Å²) in [5, 5.41) is 2.77. The number of benzene rings is 1. The highest BCUT2D eigenvalue weighted by atomic mass is 16.5. The Kier molecular flexibility index (Phi) is 4.94. The third kappa shape index (κ3) is 3.95. The lowest BCUT2D eigenvalue weighted by molar-refractivity contribution is -0.121. The number of nitrogens with one attached hydrogen (secondary N) is 1. The van der Waals surface area contributed by atoms with Crippen LogP contribution in [0.4, 0.5) is 0 Å². The van der Waals surface area contributed by atoms with Gasteiger partial charge in [-0.25, -0.2) is 4.98 Å². The molecule has 0 atom stereocenters. The first-order valence-corrected chi connectivity index (χ1v) is 7.66. The van der Waals surface area contributed by atoms with E-state index < -0.39 is 0 Å². The number of hydrogen-bond acceptors (Lipinski definition) is 5. The monoisotopic (exact) mass is 339 g/mol. The Hall–Kier alpha value is -3.35. The Morgan fingerprint density at radius 3 is 2.84 bits per heavy atom. The van der Waals surface area contributed by atoms with Crippen LogP contribution in [0.25, 0.3) is 11.5 Å². The van der Waals surface area contributed by atoms with Crippen molar-refractivity contribution in [3.05, 3.63) is 71.0 Å². The van der Waals surface area contributed by atoms with Crippen molar-refractivity contribution >= 4 is 5.91 Å². The van der Waals surface area contributed by atoms with E-state index in [1.54, 1.807) is 19.2 Å². The van der Waals surface area contributed by atoms with E-state index in [4.69, 9.17) is 9.15 Å². The van der Waals surface area contributed by atoms with Crippen molar-refractivity contribution in [2.24, 2.45) is 0 Å². The van der Waals surface area contributed by atoms with E-state index in [0.717, 1.165) is 5.56 Å². The molecule has 0 unspecified atom stereocenters. The highest BCUT2D eigenvalue weighted by molar-refractivity contribution is 5.75. The van der Waals surface area contributed by atoms with Gasteiger partial charge >= 0.3 is 0 Å². The molecule has 0 aliphatic heterocycles. The number of para-hydroxylation sites is 1. The summed E-state index contributed by atoms with van der Waals surface area (Å²) < 4.78 is 11.7. The predicted octanol–water partition coefficient (Wildman–Crippen LogP) is 1.83. The molecule has 0 saturated heterocycles. The minimum atomic E-state index is -0.325. The second-order valence-electron chi connectivity index (χ2n) is 5.31. The molecule has 2 aromatic heterocycles. The molecule has 0 fully saturated rings. The van der Waals surface area contributed by atoms with Gasteiger partial charge in [0.2, 0.25) is 5.91 Å². The van der Waals surface area contributed by atoms with E-state index in [1.165, 1.54) is 23.2 Å². The fourth-order valence-electron chi connectivity index (χ4n) is 2.36. The van der Waals surface area contributed by atoms with Crippen LogP contribution in [0, 0.1) is 0 Å². The van der Waals surface area contributed by atoms with E-state index in [-0.39, 0.29) is 18.0 Å². The van der Waals surface area contributed by atoms with Crippen LogP contribution in [-0.2, 0) is 17.9 Å². The highest BCUT2D eigenvalue weighted by Crippen LogP contribution is 2.16. The van der Waals surface area contributed by atoms with Crippen LogP contribution in [0.2, 0.25) is 0 Å². The van der Waals surface area contributed by atoms with Gasteiger partial charge in [0, 0.05) is 18.2 Å². The Morgan fingerprint density at radius 1 is 1.28 bits per heavy atom. The molecule has 0 aliphatic rings. The maximum absolute atomic E-state index is 12.1. The third-order valence-corrected chi connectivity index (χ3v) is 3.64. The Labute approximate surface area is 143 Å². The number of methoxy groups -OCH3 is 1. The highest BCUT2D eigenvalue weighted by Gasteiger charge is 2.09. The van der Waals surface area contributed by atoms with E-state index in [2.05, 4.69) is 10.3 Å². The lowest BCUT2D eigenvalue weighted by atomic mass is 10.2.